The van der Waals surface area contributed by atoms with Gasteiger partial charge in [-0.05, 0) is 31.5 Å². The predicted octanol–water partition coefficient (Wildman–Crippen LogP) is 2.98. The maximum absolute atomic E-state index is 12.5. The Balaban J connectivity index is 1.24. The van der Waals surface area contributed by atoms with Crippen LogP contribution in [0.1, 0.15) is 19.4 Å². The number of para-hydroxylation sites is 1. The van der Waals surface area contributed by atoms with E-state index in [1.165, 1.54) is 0 Å². The lowest BCUT2D eigenvalue weighted by Crippen LogP contribution is -2.49. The largest absolute Gasteiger partial charge is 0.474 e. The fourth-order valence-corrected chi connectivity index (χ4v) is 4.55. The molecule has 0 bridgehead atoms. The molecule has 196 valence electrons. The summed E-state index contributed by atoms with van der Waals surface area (Å²) < 4.78 is 23.2. The summed E-state index contributed by atoms with van der Waals surface area (Å²) in [7, 11) is 0. The Morgan fingerprint density at radius 3 is 2.46 bits per heavy atom. The van der Waals surface area contributed by atoms with E-state index in [2.05, 4.69) is 0 Å². The smallest absolute Gasteiger partial charge is 0.410 e. The lowest BCUT2D eigenvalue weighted by atomic mass is 10.2. The van der Waals surface area contributed by atoms with Crippen molar-refractivity contribution in [1.29, 1.82) is 0 Å². The van der Waals surface area contributed by atoms with Crippen LogP contribution in [0.15, 0.2) is 54.6 Å². The number of hydrogen-bond acceptors (Lipinski definition) is 9. The van der Waals surface area contributed by atoms with Crippen molar-refractivity contribution in [3.63, 3.8) is 0 Å². The number of nitrogens with zero attached hydrogens (tertiary/aromatic N) is 4. The molecule has 3 heterocycles. The maximum atomic E-state index is 12.5. The Labute approximate surface area is 215 Å². The molecule has 37 heavy (non-hydrogen) atoms. The van der Waals surface area contributed by atoms with Crippen LogP contribution in [0.4, 0.5) is 10.7 Å². The van der Waals surface area contributed by atoms with Crippen molar-refractivity contribution in [2.75, 3.05) is 44.3 Å². The van der Waals surface area contributed by atoms with Gasteiger partial charge in [0.05, 0.1) is 17.5 Å². The SMILES string of the molecule is CC1(C)O[C@@H](CO)[C@H](COc2nc(N3CCN(C(=O)OCc4ccccc4)CC3)nc3ccccc23)O1. The number of carbonyl (C=O) groups is 1. The van der Waals surface area contributed by atoms with Crippen LogP contribution in [0.2, 0.25) is 0 Å². The van der Waals surface area contributed by atoms with Crippen molar-refractivity contribution in [3.8, 4) is 5.88 Å². The Hall–Kier alpha value is -3.47. The van der Waals surface area contributed by atoms with E-state index in [1.807, 2.05) is 73.3 Å². The first-order chi connectivity index (χ1) is 17.9. The van der Waals surface area contributed by atoms with E-state index < -0.39 is 18.0 Å². The number of aliphatic hydroxyl groups is 1. The monoisotopic (exact) mass is 508 g/mol. The van der Waals surface area contributed by atoms with E-state index in [1.54, 1.807) is 4.90 Å². The topological polar surface area (TPSA) is 106 Å². The molecule has 0 aliphatic carbocycles. The molecule has 2 fully saturated rings. The van der Waals surface area contributed by atoms with Crippen LogP contribution in [0, 0.1) is 0 Å². The van der Waals surface area contributed by atoms with Gasteiger partial charge in [-0.25, -0.2) is 9.78 Å². The quantitative estimate of drug-likeness (QED) is 0.515. The molecule has 1 aromatic heterocycles. The summed E-state index contributed by atoms with van der Waals surface area (Å²) in [5, 5.41) is 10.5. The van der Waals surface area contributed by atoms with Gasteiger partial charge in [-0.2, -0.15) is 4.98 Å². The molecule has 2 atom stereocenters. The van der Waals surface area contributed by atoms with E-state index in [4.69, 9.17) is 28.9 Å². The number of anilines is 1. The normalized spacial score (nSPS) is 21.3. The molecular weight excluding hydrogens is 476 g/mol. The fraction of sp³-hybridized carbons (Fsp3) is 0.444. The average molecular weight is 509 g/mol. The first kappa shape index (κ1) is 25.2. The van der Waals surface area contributed by atoms with Gasteiger partial charge in [0, 0.05) is 26.2 Å². The van der Waals surface area contributed by atoms with E-state index in [9.17, 15) is 9.90 Å². The number of rotatable bonds is 7. The lowest BCUT2D eigenvalue weighted by molar-refractivity contribution is -0.150. The summed E-state index contributed by atoms with van der Waals surface area (Å²) in [6, 6.07) is 17.3. The third kappa shape index (κ3) is 5.93. The van der Waals surface area contributed by atoms with E-state index >= 15 is 0 Å². The Kier molecular flexibility index (Phi) is 7.40. The zero-order valence-corrected chi connectivity index (χ0v) is 21.1. The molecule has 2 aromatic carbocycles. The van der Waals surface area contributed by atoms with E-state index in [-0.39, 0.29) is 25.9 Å². The molecule has 2 aliphatic heterocycles. The third-order valence-electron chi connectivity index (χ3n) is 6.43. The molecule has 0 radical (unpaired) electrons. The van der Waals surface area contributed by atoms with Gasteiger partial charge in [0.15, 0.2) is 5.79 Å². The summed E-state index contributed by atoms with van der Waals surface area (Å²) in [6.45, 7) is 6.02. The summed E-state index contributed by atoms with van der Waals surface area (Å²) >= 11 is 0. The van der Waals surface area contributed by atoms with Gasteiger partial charge in [-0.1, -0.05) is 42.5 Å². The van der Waals surface area contributed by atoms with Gasteiger partial charge >= 0.3 is 6.09 Å². The maximum Gasteiger partial charge on any atom is 0.410 e. The number of hydrogen-bond donors (Lipinski definition) is 1. The van der Waals surface area contributed by atoms with Crippen LogP contribution >= 0.6 is 0 Å². The van der Waals surface area contributed by atoms with Crippen molar-refractivity contribution < 1.29 is 28.8 Å². The Morgan fingerprint density at radius 1 is 1.00 bits per heavy atom. The van der Waals surface area contributed by atoms with Crippen LogP contribution < -0.4 is 9.64 Å². The number of benzene rings is 2. The first-order valence-electron chi connectivity index (χ1n) is 12.5. The number of aromatic nitrogens is 2. The minimum atomic E-state index is -0.789. The van der Waals surface area contributed by atoms with Gasteiger partial charge < -0.3 is 33.9 Å². The Bertz CT molecular complexity index is 1220. The van der Waals surface area contributed by atoms with Crippen molar-refractivity contribution >= 4 is 22.9 Å². The predicted molar refractivity (Wildman–Crippen MR) is 136 cm³/mol. The van der Waals surface area contributed by atoms with Crippen molar-refractivity contribution in [1.82, 2.24) is 14.9 Å². The van der Waals surface area contributed by atoms with Gasteiger partial charge in [0.25, 0.3) is 0 Å². The van der Waals surface area contributed by atoms with Gasteiger partial charge in [-0.3, -0.25) is 0 Å². The van der Waals surface area contributed by atoms with Crippen LogP contribution in [-0.2, 0) is 20.8 Å². The molecule has 3 aromatic rings. The molecule has 10 heteroatoms. The number of amides is 1. The van der Waals surface area contributed by atoms with E-state index in [0.29, 0.717) is 38.0 Å². The van der Waals surface area contributed by atoms with Crippen molar-refractivity contribution in [3.05, 3.63) is 60.2 Å². The second kappa shape index (κ2) is 10.9. The minimum absolute atomic E-state index is 0.161. The second-order valence-electron chi connectivity index (χ2n) is 9.57. The summed E-state index contributed by atoms with van der Waals surface area (Å²) in [5.74, 6) is 0.186. The minimum Gasteiger partial charge on any atom is -0.474 e. The number of fused-ring (bicyclic) bond motifs is 1. The average Bonchev–Trinajstić information content (AvgIpc) is 3.24. The number of piperazine rings is 1. The molecular formula is C27H32N4O6. The van der Waals surface area contributed by atoms with Crippen molar-refractivity contribution in [2.45, 2.75) is 38.4 Å². The van der Waals surface area contributed by atoms with Crippen LogP contribution in [-0.4, -0.2) is 83.5 Å². The molecule has 5 rings (SSSR count). The van der Waals surface area contributed by atoms with Crippen LogP contribution in [0.5, 0.6) is 5.88 Å². The molecule has 0 spiro atoms. The number of ether oxygens (including phenoxy) is 4. The highest BCUT2D eigenvalue weighted by Crippen LogP contribution is 2.30. The fourth-order valence-electron chi connectivity index (χ4n) is 4.55. The zero-order valence-electron chi connectivity index (χ0n) is 21.1. The number of carbonyl (C=O) groups excluding carboxylic acids is 1. The second-order valence-corrected chi connectivity index (χ2v) is 9.57. The summed E-state index contributed by atoms with van der Waals surface area (Å²) in [6.07, 6.45) is -1.23. The Morgan fingerprint density at radius 2 is 1.70 bits per heavy atom. The standard InChI is InChI=1S/C27H32N4O6/c1-27(2)36-22(16-32)23(37-27)18-34-24-20-10-6-7-11-21(20)28-25(29-24)30-12-14-31(15-13-30)26(33)35-17-19-8-4-3-5-9-19/h3-11,22-23,32H,12-18H2,1-2H3/t22-,23-/m0/s1. The van der Waals surface area contributed by atoms with Crippen molar-refractivity contribution in [2.24, 2.45) is 0 Å². The molecule has 10 nitrogen and oxygen atoms in total. The first-order valence-corrected chi connectivity index (χ1v) is 12.5. The molecule has 0 unspecified atom stereocenters. The van der Waals surface area contributed by atoms with Gasteiger partial charge in [-0.15, -0.1) is 0 Å². The highest BCUT2D eigenvalue weighted by Gasteiger charge is 2.41. The molecule has 2 saturated heterocycles. The lowest BCUT2D eigenvalue weighted by Gasteiger charge is -2.34. The molecule has 1 N–H and O–H groups in total. The zero-order chi connectivity index (χ0) is 25.8. The number of aliphatic hydroxyl groups excluding tert-OH is 1. The third-order valence-corrected chi connectivity index (χ3v) is 6.43. The highest BCUT2D eigenvalue weighted by atomic mass is 16.8. The molecule has 2 aliphatic rings. The summed E-state index contributed by atoms with van der Waals surface area (Å²) in [5.41, 5.74) is 1.71. The molecule has 0 saturated carbocycles. The van der Waals surface area contributed by atoms with Crippen LogP contribution in [0.3, 0.4) is 0 Å². The van der Waals surface area contributed by atoms with Crippen LogP contribution in [0.25, 0.3) is 10.9 Å². The van der Waals surface area contributed by atoms with Gasteiger partial charge in [0.2, 0.25) is 11.8 Å². The molecule has 1 amide bonds. The summed E-state index contributed by atoms with van der Waals surface area (Å²) in [4.78, 5) is 25.7. The van der Waals surface area contributed by atoms with Gasteiger partial charge in [0.1, 0.15) is 25.4 Å². The van der Waals surface area contributed by atoms with E-state index in [0.717, 1.165) is 16.5 Å². The highest BCUT2D eigenvalue weighted by molar-refractivity contribution is 5.84.